The van der Waals surface area contributed by atoms with Gasteiger partial charge in [0.15, 0.2) is 0 Å². The van der Waals surface area contributed by atoms with Crippen molar-refractivity contribution in [2.75, 3.05) is 20.1 Å². The molecular formula is C9H18N4O2. The van der Waals surface area contributed by atoms with Crippen molar-refractivity contribution in [3.63, 3.8) is 0 Å². The number of likely N-dealkylation sites (tertiary alicyclic amines) is 1. The number of nitrogens with zero attached hydrogens (tertiary/aromatic N) is 1. The SMILES string of the molecule is CNC(=O)NC(=O)C(C)N1CC(C)(N)C1. The highest BCUT2D eigenvalue weighted by atomic mass is 16.2. The number of amides is 3. The van der Waals surface area contributed by atoms with Crippen molar-refractivity contribution in [2.45, 2.75) is 25.4 Å². The van der Waals surface area contributed by atoms with Gasteiger partial charge in [-0.25, -0.2) is 4.79 Å². The van der Waals surface area contributed by atoms with Crippen molar-refractivity contribution in [1.29, 1.82) is 0 Å². The quantitative estimate of drug-likeness (QED) is 0.542. The van der Waals surface area contributed by atoms with E-state index in [1.54, 1.807) is 6.92 Å². The monoisotopic (exact) mass is 214 g/mol. The molecule has 0 aromatic heterocycles. The second-order valence-corrected chi connectivity index (χ2v) is 4.30. The van der Waals surface area contributed by atoms with E-state index in [1.807, 2.05) is 11.8 Å². The van der Waals surface area contributed by atoms with Gasteiger partial charge in [0.25, 0.3) is 0 Å². The fourth-order valence-electron chi connectivity index (χ4n) is 1.60. The molecule has 0 saturated carbocycles. The molecule has 0 bridgehead atoms. The summed E-state index contributed by atoms with van der Waals surface area (Å²) in [6.45, 7) is 5.05. The van der Waals surface area contributed by atoms with Crippen LogP contribution in [0.4, 0.5) is 4.79 Å². The van der Waals surface area contributed by atoms with Gasteiger partial charge >= 0.3 is 6.03 Å². The highest BCUT2D eigenvalue weighted by Gasteiger charge is 2.39. The summed E-state index contributed by atoms with van der Waals surface area (Å²) in [6.07, 6.45) is 0. The number of carbonyl (C=O) groups excluding carboxylic acids is 2. The first-order chi connectivity index (χ1) is 6.85. The van der Waals surface area contributed by atoms with E-state index in [4.69, 9.17) is 5.73 Å². The van der Waals surface area contributed by atoms with Crippen LogP contribution in [0.25, 0.3) is 0 Å². The number of nitrogens with two attached hydrogens (primary N) is 1. The maximum absolute atomic E-state index is 11.5. The van der Waals surface area contributed by atoms with E-state index in [1.165, 1.54) is 7.05 Å². The van der Waals surface area contributed by atoms with Gasteiger partial charge in [0.05, 0.1) is 6.04 Å². The highest BCUT2D eigenvalue weighted by molar-refractivity contribution is 5.96. The van der Waals surface area contributed by atoms with Crippen LogP contribution in [0.15, 0.2) is 0 Å². The van der Waals surface area contributed by atoms with Crippen LogP contribution in [0.3, 0.4) is 0 Å². The Morgan fingerprint density at radius 3 is 2.40 bits per heavy atom. The number of hydrogen-bond acceptors (Lipinski definition) is 4. The molecule has 1 atom stereocenters. The molecule has 6 nitrogen and oxygen atoms in total. The molecule has 0 spiro atoms. The molecule has 1 heterocycles. The Labute approximate surface area is 89.2 Å². The molecule has 1 saturated heterocycles. The fraction of sp³-hybridized carbons (Fsp3) is 0.778. The van der Waals surface area contributed by atoms with Gasteiger partial charge in [0.1, 0.15) is 0 Å². The second kappa shape index (κ2) is 4.16. The van der Waals surface area contributed by atoms with E-state index >= 15 is 0 Å². The van der Waals surface area contributed by atoms with Crippen LogP contribution in [-0.4, -0.2) is 48.6 Å². The summed E-state index contributed by atoms with van der Waals surface area (Å²) in [4.78, 5) is 24.3. The lowest BCUT2D eigenvalue weighted by atomic mass is 9.92. The molecule has 1 unspecified atom stereocenters. The normalized spacial score (nSPS) is 21.3. The Kier molecular flexibility index (Phi) is 3.31. The molecule has 0 aliphatic carbocycles. The van der Waals surface area contributed by atoms with Crippen LogP contribution in [-0.2, 0) is 4.79 Å². The topological polar surface area (TPSA) is 87.5 Å². The van der Waals surface area contributed by atoms with Crippen molar-refractivity contribution in [3.05, 3.63) is 0 Å². The molecule has 1 fully saturated rings. The van der Waals surface area contributed by atoms with Crippen LogP contribution in [0.1, 0.15) is 13.8 Å². The zero-order valence-electron chi connectivity index (χ0n) is 9.33. The number of hydrogen-bond donors (Lipinski definition) is 3. The number of rotatable bonds is 2. The first-order valence-corrected chi connectivity index (χ1v) is 4.91. The molecule has 0 aromatic rings. The molecule has 86 valence electrons. The molecule has 1 aliphatic rings. The number of imide groups is 1. The zero-order valence-corrected chi connectivity index (χ0v) is 9.33. The number of nitrogens with one attached hydrogen (secondary N) is 2. The molecule has 4 N–H and O–H groups in total. The van der Waals surface area contributed by atoms with Gasteiger partial charge in [0, 0.05) is 25.7 Å². The maximum Gasteiger partial charge on any atom is 0.321 e. The van der Waals surface area contributed by atoms with Crippen LogP contribution >= 0.6 is 0 Å². The predicted molar refractivity (Wildman–Crippen MR) is 56.2 cm³/mol. The maximum atomic E-state index is 11.5. The molecule has 6 heteroatoms. The summed E-state index contributed by atoms with van der Waals surface area (Å²) < 4.78 is 0. The van der Waals surface area contributed by atoms with Gasteiger partial charge in [-0.3, -0.25) is 15.0 Å². The van der Waals surface area contributed by atoms with Gasteiger partial charge in [0.2, 0.25) is 5.91 Å². The molecule has 3 amide bonds. The molecule has 1 aliphatic heterocycles. The molecule has 15 heavy (non-hydrogen) atoms. The average Bonchev–Trinajstić information content (AvgIpc) is 2.12. The van der Waals surface area contributed by atoms with E-state index in [9.17, 15) is 9.59 Å². The number of carbonyl (C=O) groups is 2. The lowest BCUT2D eigenvalue weighted by Crippen LogP contribution is -2.69. The van der Waals surface area contributed by atoms with Crippen molar-refractivity contribution in [2.24, 2.45) is 5.73 Å². The van der Waals surface area contributed by atoms with Crippen LogP contribution in [0.2, 0.25) is 0 Å². The zero-order chi connectivity index (χ0) is 11.6. The lowest BCUT2D eigenvalue weighted by Gasteiger charge is -2.47. The van der Waals surface area contributed by atoms with E-state index in [0.29, 0.717) is 13.1 Å². The molecule has 1 rings (SSSR count). The summed E-state index contributed by atoms with van der Waals surface area (Å²) >= 11 is 0. The minimum atomic E-state index is -0.483. The third kappa shape index (κ3) is 2.90. The number of urea groups is 1. The Hall–Kier alpha value is -1.14. The van der Waals surface area contributed by atoms with Crippen LogP contribution < -0.4 is 16.4 Å². The third-order valence-electron chi connectivity index (χ3n) is 2.52. The first kappa shape index (κ1) is 11.9. The van der Waals surface area contributed by atoms with Gasteiger partial charge in [-0.2, -0.15) is 0 Å². The van der Waals surface area contributed by atoms with E-state index in [2.05, 4.69) is 10.6 Å². The van der Waals surface area contributed by atoms with E-state index < -0.39 is 6.03 Å². The van der Waals surface area contributed by atoms with Crippen molar-refractivity contribution in [1.82, 2.24) is 15.5 Å². The Balaban J connectivity index is 2.38. The molecule has 0 radical (unpaired) electrons. The second-order valence-electron chi connectivity index (χ2n) is 4.30. The lowest BCUT2D eigenvalue weighted by molar-refractivity contribution is -0.127. The van der Waals surface area contributed by atoms with Crippen molar-refractivity contribution >= 4 is 11.9 Å². The van der Waals surface area contributed by atoms with Crippen molar-refractivity contribution in [3.8, 4) is 0 Å². The largest absolute Gasteiger partial charge is 0.341 e. The average molecular weight is 214 g/mol. The van der Waals surface area contributed by atoms with E-state index in [0.717, 1.165) is 0 Å². The van der Waals surface area contributed by atoms with E-state index in [-0.39, 0.29) is 17.5 Å². The van der Waals surface area contributed by atoms with Crippen molar-refractivity contribution < 1.29 is 9.59 Å². The predicted octanol–water partition coefficient (Wildman–Crippen LogP) is -1.14. The van der Waals surface area contributed by atoms with Gasteiger partial charge < -0.3 is 11.1 Å². The Bertz CT molecular complexity index is 269. The summed E-state index contributed by atoms with van der Waals surface area (Å²) in [5.41, 5.74) is 5.62. The summed E-state index contributed by atoms with van der Waals surface area (Å²) in [5.74, 6) is -0.301. The minimum absolute atomic E-state index is 0.207. The minimum Gasteiger partial charge on any atom is -0.341 e. The summed E-state index contributed by atoms with van der Waals surface area (Å²) in [6, 6.07) is -0.804. The van der Waals surface area contributed by atoms with Gasteiger partial charge in [-0.1, -0.05) is 0 Å². The Morgan fingerprint density at radius 2 is 2.00 bits per heavy atom. The highest BCUT2D eigenvalue weighted by Crippen LogP contribution is 2.19. The molecule has 0 aromatic carbocycles. The van der Waals surface area contributed by atoms with Gasteiger partial charge in [-0.05, 0) is 13.8 Å². The first-order valence-electron chi connectivity index (χ1n) is 4.91. The Morgan fingerprint density at radius 1 is 1.47 bits per heavy atom. The van der Waals surface area contributed by atoms with Crippen LogP contribution in [0, 0.1) is 0 Å². The molecular weight excluding hydrogens is 196 g/mol. The van der Waals surface area contributed by atoms with Gasteiger partial charge in [-0.15, -0.1) is 0 Å². The standard InChI is InChI=1S/C9H18N4O2/c1-6(7(14)12-8(15)11-3)13-4-9(2,10)5-13/h6H,4-5,10H2,1-3H3,(H2,11,12,14,15). The summed E-state index contributed by atoms with van der Waals surface area (Å²) in [7, 11) is 1.47. The summed E-state index contributed by atoms with van der Waals surface area (Å²) in [5, 5.41) is 4.56. The van der Waals surface area contributed by atoms with Crippen LogP contribution in [0.5, 0.6) is 0 Å². The third-order valence-corrected chi connectivity index (χ3v) is 2.52. The fourth-order valence-corrected chi connectivity index (χ4v) is 1.60. The smallest absolute Gasteiger partial charge is 0.321 e.